The van der Waals surface area contributed by atoms with Crippen molar-refractivity contribution in [2.24, 2.45) is 0 Å². The summed E-state index contributed by atoms with van der Waals surface area (Å²) in [6, 6.07) is 25.5. The predicted molar refractivity (Wildman–Crippen MR) is 110 cm³/mol. The van der Waals surface area contributed by atoms with Crippen LogP contribution < -0.4 is 0 Å². The zero-order chi connectivity index (χ0) is 17.9. The monoisotopic (exact) mass is 356 g/mol. The van der Waals surface area contributed by atoms with Gasteiger partial charge in [-0.2, -0.15) is 0 Å². The fraction of sp³-hybridized carbons (Fsp3) is 0.130. The van der Waals surface area contributed by atoms with Crippen LogP contribution in [0.3, 0.4) is 0 Å². The molecule has 0 aliphatic rings. The van der Waals surface area contributed by atoms with E-state index in [4.69, 9.17) is 0 Å². The van der Waals surface area contributed by atoms with Gasteiger partial charge in [-0.25, -0.2) is 0 Å². The zero-order valence-corrected chi connectivity index (χ0v) is 15.8. The Morgan fingerprint density at radius 3 is 2.50 bits per heavy atom. The first-order valence-corrected chi connectivity index (χ1v) is 9.70. The van der Waals surface area contributed by atoms with Gasteiger partial charge in [0.2, 0.25) is 0 Å². The summed E-state index contributed by atoms with van der Waals surface area (Å²) >= 11 is 1.73. The van der Waals surface area contributed by atoms with E-state index >= 15 is 0 Å². The van der Waals surface area contributed by atoms with Crippen molar-refractivity contribution in [2.75, 3.05) is 0 Å². The third kappa shape index (κ3) is 3.49. The van der Waals surface area contributed by atoms with Crippen LogP contribution in [-0.2, 0) is 5.75 Å². The molecule has 128 valence electrons. The highest BCUT2D eigenvalue weighted by molar-refractivity contribution is 7.98. The number of thioether (sulfide) groups is 1. The molecule has 3 aromatic carbocycles. The number of nitrogens with zero attached hydrogens (tertiary/aromatic N) is 2. The van der Waals surface area contributed by atoms with E-state index in [0.29, 0.717) is 0 Å². The normalized spacial score (nSPS) is 11.0. The number of benzene rings is 3. The minimum absolute atomic E-state index is 0.888. The van der Waals surface area contributed by atoms with Crippen molar-refractivity contribution in [1.29, 1.82) is 0 Å². The van der Waals surface area contributed by atoms with E-state index in [2.05, 4.69) is 96.8 Å². The fourth-order valence-corrected chi connectivity index (χ4v) is 3.94. The summed E-state index contributed by atoms with van der Waals surface area (Å²) in [5, 5.41) is 12.4. The second kappa shape index (κ2) is 7.30. The van der Waals surface area contributed by atoms with Crippen LogP contribution in [0.25, 0.3) is 22.0 Å². The van der Waals surface area contributed by atoms with Gasteiger partial charge in [-0.1, -0.05) is 71.9 Å². The van der Waals surface area contributed by atoms with E-state index in [1.54, 1.807) is 11.8 Å². The maximum absolute atomic E-state index is 4.45. The third-order valence-corrected chi connectivity index (χ3v) is 5.53. The van der Waals surface area contributed by atoms with Crippen LogP contribution in [0, 0.1) is 13.8 Å². The van der Waals surface area contributed by atoms with Crippen molar-refractivity contribution in [3.63, 3.8) is 0 Å². The van der Waals surface area contributed by atoms with E-state index < -0.39 is 0 Å². The van der Waals surface area contributed by atoms with Crippen molar-refractivity contribution in [1.82, 2.24) is 10.2 Å². The van der Waals surface area contributed by atoms with Crippen molar-refractivity contribution in [3.8, 4) is 11.3 Å². The zero-order valence-electron chi connectivity index (χ0n) is 14.9. The molecule has 2 nitrogen and oxygen atoms in total. The van der Waals surface area contributed by atoms with Gasteiger partial charge in [0.05, 0.1) is 5.69 Å². The molecule has 4 rings (SSSR count). The van der Waals surface area contributed by atoms with E-state index in [1.165, 1.54) is 27.5 Å². The number of aryl methyl sites for hydroxylation is 2. The van der Waals surface area contributed by atoms with E-state index in [9.17, 15) is 0 Å². The molecule has 0 saturated heterocycles. The van der Waals surface area contributed by atoms with Crippen LogP contribution in [0.1, 0.15) is 16.7 Å². The molecule has 0 spiro atoms. The molecule has 0 aliphatic heterocycles. The largest absolute Gasteiger partial charge is 0.149 e. The summed E-state index contributed by atoms with van der Waals surface area (Å²) in [5.41, 5.74) is 5.88. The van der Waals surface area contributed by atoms with Crippen molar-refractivity contribution < 1.29 is 0 Å². The summed E-state index contributed by atoms with van der Waals surface area (Å²) in [5.74, 6) is 0.888. The molecule has 1 aromatic heterocycles. The molecular formula is C23H20N2S. The summed E-state index contributed by atoms with van der Waals surface area (Å²) in [7, 11) is 0. The molecule has 0 fully saturated rings. The number of aromatic nitrogens is 2. The van der Waals surface area contributed by atoms with Gasteiger partial charge in [-0.05, 0) is 53.9 Å². The fourth-order valence-electron chi connectivity index (χ4n) is 3.12. The Morgan fingerprint density at radius 1 is 0.808 bits per heavy atom. The van der Waals surface area contributed by atoms with Crippen LogP contribution in [0.2, 0.25) is 0 Å². The quantitative estimate of drug-likeness (QED) is 0.407. The smallest absolute Gasteiger partial charge is 0.119 e. The maximum atomic E-state index is 4.45. The second-order valence-electron chi connectivity index (χ2n) is 6.50. The first kappa shape index (κ1) is 16.8. The van der Waals surface area contributed by atoms with E-state index in [1.807, 2.05) is 0 Å². The molecule has 0 amide bonds. The molecule has 4 aromatic rings. The lowest BCUT2D eigenvalue weighted by Gasteiger charge is -2.08. The first-order valence-electron chi connectivity index (χ1n) is 8.71. The molecule has 0 bridgehead atoms. The van der Waals surface area contributed by atoms with Crippen LogP contribution in [-0.4, -0.2) is 10.2 Å². The maximum Gasteiger partial charge on any atom is 0.119 e. The molecule has 0 atom stereocenters. The first-order chi connectivity index (χ1) is 12.7. The SMILES string of the molecule is Cc1ccc(C)c(-c2ccc(SCc3cccc4ccccc34)nn2)c1. The second-order valence-corrected chi connectivity index (χ2v) is 7.50. The molecule has 0 aliphatic carbocycles. The summed E-state index contributed by atoms with van der Waals surface area (Å²) in [4.78, 5) is 0. The van der Waals surface area contributed by atoms with Gasteiger partial charge in [-0.3, -0.25) is 0 Å². The predicted octanol–water partition coefficient (Wildman–Crippen LogP) is 6.21. The van der Waals surface area contributed by atoms with Gasteiger partial charge in [0.1, 0.15) is 5.03 Å². The summed E-state index contributed by atoms with van der Waals surface area (Å²) in [6.07, 6.45) is 0. The third-order valence-electron chi connectivity index (χ3n) is 4.56. The molecular weight excluding hydrogens is 336 g/mol. The van der Waals surface area contributed by atoms with E-state index in [-0.39, 0.29) is 0 Å². The molecule has 0 unspecified atom stereocenters. The van der Waals surface area contributed by atoms with Gasteiger partial charge >= 0.3 is 0 Å². The lowest BCUT2D eigenvalue weighted by Crippen LogP contribution is -1.93. The topological polar surface area (TPSA) is 25.8 Å². The summed E-state index contributed by atoms with van der Waals surface area (Å²) < 4.78 is 0. The highest BCUT2D eigenvalue weighted by atomic mass is 32.2. The Kier molecular flexibility index (Phi) is 4.72. The number of hydrogen-bond acceptors (Lipinski definition) is 3. The Morgan fingerprint density at radius 2 is 1.65 bits per heavy atom. The lowest BCUT2D eigenvalue weighted by molar-refractivity contribution is 0.934. The standard InChI is InChI=1S/C23H20N2S/c1-16-10-11-17(2)21(14-16)22-12-13-23(25-24-22)26-15-19-8-5-7-18-6-3-4-9-20(18)19/h3-14H,15H2,1-2H3. The average Bonchev–Trinajstić information content (AvgIpc) is 2.69. The van der Waals surface area contributed by atoms with Crippen molar-refractivity contribution in [2.45, 2.75) is 24.6 Å². The van der Waals surface area contributed by atoms with Gasteiger partial charge in [-0.15, -0.1) is 10.2 Å². The number of hydrogen-bond donors (Lipinski definition) is 0. The highest BCUT2D eigenvalue weighted by Gasteiger charge is 2.07. The molecule has 0 N–H and O–H groups in total. The van der Waals surface area contributed by atoms with E-state index in [0.717, 1.165) is 22.0 Å². The van der Waals surface area contributed by atoms with Gasteiger partial charge in [0.15, 0.2) is 0 Å². The van der Waals surface area contributed by atoms with Crippen molar-refractivity contribution in [3.05, 3.63) is 89.5 Å². The Balaban J connectivity index is 1.53. The van der Waals surface area contributed by atoms with Crippen LogP contribution in [0.4, 0.5) is 0 Å². The van der Waals surface area contributed by atoms with Gasteiger partial charge in [0.25, 0.3) is 0 Å². The molecule has 1 heterocycles. The van der Waals surface area contributed by atoms with Crippen LogP contribution in [0.15, 0.2) is 77.8 Å². The van der Waals surface area contributed by atoms with Crippen LogP contribution >= 0.6 is 11.8 Å². The molecule has 0 saturated carbocycles. The summed E-state index contributed by atoms with van der Waals surface area (Å²) in [6.45, 7) is 4.21. The molecule has 3 heteroatoms. The van der Waals surface area contributed by atoms with Crippen LogP contribution in [0.5, 0.6) is 0 Å². The molecule has 26 heavy (non-hydrogen) atoms. The Bertz CT molecular complexity index is 1050. The average molecular weight is 356 g/mol. The number of fused-ring (bicyclic) bond motifs is 1. The Hall–Kier alpha value is -2.65. The Labute approximate surface area is 158 Å². The molecule has 0 radical (unpaired) electrons. The number of rotatable bonds is 4. The van der Waals surface area contributed by atoms with Crippen molar-refractivity contribution >= 4 is 22.5 Å². The highest BCUT2D eigenvalue weighted by Crippen LogP contribution is 2.28. The lowest BCUT2D eigenvalue weighted by atomic mass is 10.0. The minimum atomic E-state index is 0.888. The minimum Gasteiger partial charge on any atom is -0.149 e. The van der Waals surface area contributed by atoms with Gasteiger partial charge in [0, 0.05) is 11.3 Å². The van der Waals surface area contributed by atoms with Gasteiger partial charge < -0.3 is 0 Å².